The van der Waals surface area contributed by atoms with Crippen molar-refractivity contribution in [3.63, 3.8) is 0 Å². The average Bonchev–Trinajstić information content (AvgIpc) is 2.37. The zero-order valence-corrected chi connectivity index (χ0v) is 12.3. The average molecular weight is 340 g/mol. The molecule has 2 aromatic carbocycles. The number of hydrogen-bond acceptors (Lipinski definition) is 2. The predicted molar refractivity (Wildman–Crippen MR) is 80.8 cm³/mol. The fraction of sp³-hybridized carbons (Fsp3) is 0.0714. The highest BCUT2D eigenvalue weighted by Crippen LogP contribution is 2.21. The van der Waals surface area contributed by atoms with Crippen molar-refractivity contribution in [2.75, 3.05) is 0 Å². The van der Waals surface area contributed by atoms with Crippen LogP contribution in [0.5, 0.6) is 5.75 Å². The number of hydrogen-bond donors (Lipinski definition) is 1. The molecule has 0 saturated carbocycles. The van der Waals surface area contributed by atoms with Crippen LogP contribution in [0.25, 0.3) is 0 Å². The third-order valence-corrected chi connectivity index (χ3v) is 3.20. The van der Waals surface area contributed by atoms with Gasteiger partial charge in [0.05, 0.1) is 5.56 Å². The zero-order valence-electron chi connectivity index (χ0n) is 9.90. The van der Waals surface area contributed by atoms with E-state index in [1.165, 1.54) is 18.2 Å². The van der Waals surface area contributed by atoms with Gasteiger partial charge in [0.15, 0.2) is 0 Å². The molecule has 0 aliphatic rings. The molecule has 2 rings (SSSR count). The van der Waals surface area contributed by atoms with E-state index in [9.17, 15) is 4.39 Å². The maximum absolute atomic E-state index is 13.1. The Hall–Kier alpha value is -1.46. The predicted octanol–water partition coefficient (Wildman–Crippen LogP) is 3.80. The molecule has 98 valence electrons. The van der Waals surface area contributed by atoms with E-state index in [2.05, 4.69) is 15.9 Å². The Morgan fingerprint density at radius 2 is 2.05 bits per heavy atom. The Morgan fingerprint density at radius 3 is 2.74 bits per heavy atom. The van der Waals surface area contributed by atoms with Crippen LogP contribution in [0.15, 0.2) is 46.9 Å². The van der Waals surface area contributed by atoms with Crippen molar-refractivity contribution in [3.8, 4) is 5.75 Å². The van der Waals surface area contributed by atoms with E-state index in [-0.39, 0.29) is 4.99 Å². The molecule has 2 aromatic rings. The van der Waals surface area contributed by atoms with E-state index < -0.39 is 5.82 Å². The van der Waals surface area contributed by atoms with E-state index in [4.69, 9.17) is 22.7 Å². The normalized spacial score (nSPS) is 10.2. The van der Waals surface area contributed by atoms with Crippen LogP contribution < -0.4 is 10.5 Å². The summed E-state index contributed by atoms with van der Waals surface area (Å²) in [6.45, 7) is 0.362. The molecule has 5 heteroatoms. The zero-order chi connectivity index (χ0) is 13.8. The standard InChI is InChI=1S/C14H11BrFNOS/c15-10-3-1-2-9(6-10)8-18-13-5-4-11(16)7-12(13)14(17)19/h1-7H,8H2,(H2,17,19). The van der Waals surface area contributed by atoms with Crippen molar-refractivity contribution in [2.24, 2.45) is 5.73 Å². The maximum Gasteiger partial charge on any atom is 0.130 e. The first-order chi connectivity index (χ1) is 9.06. The molecular formula is C14H11BrFNOS. The Balaban J connectivity index is 2.17. The molecule has 2 N–H and O–H groups in total. The minimum absolute atomic E-state index is 0.115. The number of nitrogens with two attached hydrogens (primary N) is 1. The quantitative estimate of drug-likeness (QED) is 0.860. The molecule has 0 aliphatic heterocycles. The summed E-state index contributed by atoms with van der Waals surface area (Å²) in [6, 6.07) is 11.9. The largest absolute Gasteiger partial charge is 0.488 e. The Morgan fingerprint density at radius 1 is 1.26 bits per heavy atom. The smallest absolute Gasteiger partial charge is 0.130 e. The Bertz CT molecular complexity index is 618. The van der Waals surface area contributed by atoms with Gasteiger partial charge in [0.1, 0.15) is 23.2 Å². The molecule has 0 heterocycles. The molecule has 0 aromatic heterocycles. The third-order valence-electron chi connectivity index (χ3n) is 2.49. The summed E-state index contributed by atoms with van der Waals surface area (Å²) in [5.41, 5.74) is 6.95. The van der Waals surface area contributed by atoms with Crippen LogP contribution in [0.1, 0.15) is 11.1 Å². The van der Waals surface area contributed by atoms with Crippen LogP contribution in [-0.2, 0) is 6.61 Å². The Kier molecular flexibility index (Phi) is 4.50. The second kappa shape index (κ2) is 6.12. The van der Waals surface area contributed by atoms with Gasteiger partial charge in [-0.1, -0.05) is 40.3 Å². The molecule has 0 bridgehead atoms. The number of halogens is 2. The number of rotatable bonds is 4. The van der Waals surface area contributed by atoms with Gasteiger partial charge in [0.25, 0.3) is 0 Å². The van der Waals surface area contributed by atoms with E-state index >= 15 is 0 Å². The lowest BCUT2D eigenvalue weighted by Crippen LogP contribution is -2.12. The fourth-order valence-corrected chi connectivity index (χ4v) is 2.21. The van der Waals surface area contributed by atoms with Gasteiger partial charge in [-0.15, -0.1) is 0 Å². The van der Waals surface area contributed by atoms with Crippen LogP contribution in [-0.4, -0.2) is 4.99 Å². The van der Waals surface area contributed by atoms with Crippen molar-refractivity contribution < 1.29 is 9.13 Å². The summed E-state index contributed by atoms with van der Waals surface area (Å²) < 4.78 is 19.8. The van der Waals surface area contributed by atoms with Gasteiger partial charge in [0, 0.05) is 4.47 Å². The minimum Gasteiger partial charge on any atom is -0.488 e. The number of ether oxygens (including phenoxy) is 1. The summed E-state index contributed by atoms with van der Waals surface area (Å²) in [4.78, 5) is 0.115. The molecule has 0 amide bonds. The van der Waals surface area contributed by atoms with Crippen molar-refractivity contribution in [1.29, 1.82) is 0 Å². The van der Waals surface area contributed by atoms with Gasteiger partial charge < -0.3 is 10.5 Å². The van der Waals surface area contributed by atoms with Crippen LogP contribution >= 0.6 is 28.1 Å². The molecule has 0 saturated heterocycles. The fourth-order valence-electron chi connectivity index (χ4n) is 1.61. The second-order valence-electron chi connectivity index (χ2n) is 3.92. The molecule has 0 spiro atoms. The van der Waals surface area contributed by atoms with Gasteiger partial charge >= 0.3 is 0 Å². The SMILES string of the molecule is NC(=S)c1cc(F)ccc1OCc1cccc(Br)c1. The lowest BCUT2D eigenvalue weighted by molar-refractivity contribution is 0.305. The topological polar surface area (TPSA) is 35.2 Å². The maximum atomic E-state index is 13.1. The molecule has 0 radical (unpaired) electrons. The summed E-state index contributed by atoms with van der Waals surface area (Å²) in [5, 5.41) is 0. The van der Waals surface area contributed by atoms with Gasteiger partial charge in [-0.3, -0.25) is 0 Å². The van der Waals surface area contributed by atoms with Crippen molar-refractivity contribution in [2.45, 2.75) is 6.61 Å². The van der Waals surface area contributed by atoms with Gasteiger partial charge in [-0.05, 0) is 35.9 Å². The number of thiocarbonyl (C=S) groups is 1. The molecule has 2 nitrogen and oxygen atoms in total. The summed E-state index contributed by atoms with van der Waals surface area (Å²) in [5.74, 6) is 0.0893. The molecular weight excluding hydrogens is 329 g/mol. The molecule has 0 unspecified atom stereocenters. The molecule has 0 aliphatic carbocycles. The highest BCUT2D eigenvalue weighted by molar-refractivity contribution is 9.10. The van der Waals surface area contributed by atoms with Crippen LogP contribution in [0.3, 0.4) is 0 Å². The van der Waals surface area contributed by atoms with Crippen LogP contribution in [0.2, 0.25) is 0 Å². The first-order valence-corrected chi connectivity index (χ1v) is 6.73. The summed E-state index contributed by atoms with van der Waals surface area (Å²) >= 11 is 8.27. The van der Waals surface area contributed by atoms with Crippen molar-refractivity contribution in [1.82, 2.24) is 0 Å². The molecule has 0 fully saturated rings. The van der Waals surface area contributed by atoms with E-state index in [0.717, 1.165) is 10.0 Å². The second-order valence-corrected chi connectivity index (χ2v) is 5.28. The van der Waals surface area contributed by atoms with Gasteiger partial charge in [-0.2, -0.15) is 0 Å². The number of benzene rings is 2. The van der Waals surface area contributed by atoms with E-state index in [1.54, 1.807) is 0 Å². The monoisotopic (exact) mass is 339 g/mol. The third kappa shape index (κ3) is 3.75. The van der Waals surface area contributed by atoms with Gasteiger partial charge in [0.2, 0.25) is 0 Å². The first kappa shape index (κ1) is 14.0. The molecule has 19 heavy (non-hydrogen) atoms. The van der Waals surface area contributed by atoms with Crippen LogP contribution in [0, 0.1) is 5.82 Å². The lowest BCUT2D eigenvalue weighted by atomic mass is 10.2. The Labute approximate surface area is 124 Å². The molecule has 0 atom stereocenters. The summed E-state index contributed by atoms with van der Waals surface area (Å²) in [6.07, 6.45) is 0. The highest BCUT2D eigenvalue weighted by Gasteiger charge is 2.08. The van der Waals surface area contributed by atoms with E-state index in [0.29, 0.717) is 17.9 Å². The highest BCUT2D eigenvalue weighted by atomic mass is 79.9. The summed E-state index contributed by atoms with van der Waals surface area (Å²) in [7, 11) is 0. The van der Waals surface area contributed by atoms with Crippen molar-refractivity contribution in [3.05, 3.63) is 63.9 Å². The van der Waals surface area contributed by atoms with Gasteiger partial charge in [-0.25, -0.2) is 4.39 Å². The lowest BCUT2D eigenvalue weighted by Gasteiger charge is -2.11. The first-order valence-electron chi connectivity index (χ1n) is 5.53. The van der Waals surface area contributed by atoms with Crippen molar-refractivity contribution >= 4 is 33.1 Å². The van der Waals surface area contributed by atoms with E-state index in [1.807, 2.05) is 24.3 Å². The van der Waals surface area contributed by atoms with Crippen LogP contribution in [0.4, 0.5) is 4.39 Å². The minimum atomic E-state index is -0.391.